The van der Waals surface area contributed by atoms with E-state index in [1.54, 1.807) is 6.92 Å². The standard InChI is InChI=1S/C21H31N2O9P/c1-21(22)19-16(31-20(21)23-10-9-14(24)12-17(23)25)13-29-33(27,32-19)28-11-5-4-8-18(26)30-15-6-2-3-7-15/h9-10,15-16,19-20H,2-8,11-13,22H2,1H3/t16-,19-,20-,21-,33-/m1/s1. The molecule has 0 spiro atoms. The fraction of sp³-hybridized carbons (Fsp3) is 0.762. The number of ether oxygens (including phenoxy) is 2. The molecule has 0 unspecified atom stereocenters. The maximum absolute atomic E-state index is 13.0. The number of allylic oxidation sites excluding steroid dienone is 1. The van der Waals surface area contributed by atoms with Gasteiger partial charge in [-0.25, -0.2) is 4.57 Å². The van der Waals surface area contributed by atoms with Crippen molar-refractivity contribution in [2.75, 3.05) is 13.2 Å². The van der Waals surface area contributed by atoms with Gasteiger partial charge < -0.3 is 15.2 Å². The van der Waals surface area contributed by atoms with Gasteiger partial charge in [-0.15, -0.1) is 0 Å². The van der Waals surface area contributed by atoms with Gasteiger partial charge in [0.25, 0.3) is 0 Å². The summed E-state index contributed by atoms with van der Waals surface area (Å²) in [7, 11) is -3.89. The monoisotopic (exact) mass is 486 g/mol. The van der Waals surface area contributed by atoms with Crippen LogP contribution in [0.1, 0.15) is 58.3 Å². The number of rotatable bonds is 8. The molecule has 0 aromatic carbocycles. The maximum Gasteiger partial charge on any atom is 0.475 e. The SMILES string of the molecule is C[C@@]1(N)[C@@H]2O[P@](=O)(OCCCCC(=O)OC3CCCC3)OC[C@H]2O[C@H]1N1C=CC(=O)CC1=O. The molecule has 5 atom stereocenters. The van der Waals surface area contributed by atoms with E-state index in [1.807, 2.05) is 0 Å². The predicted octanol–water partition coefficient (Wildman–Crippen LogP) is 1.94. The summed E-state index contributed by atoms with van der Waals surface area (Å²) in [5.41, 5.74) is 5.23. The summed E-state index contributed by atoms with van der Waals surface area (Å²) in [6.07, 6.45) is 5.33. The van der Waals surface area contributed by atoms with Crippen LogP contribution in [0.3, 0.4) is 0 Å². The van der Waals surface area contributed by atoms with Crippen molar-refractivity contribution >= 4 is 25.5 Å². The highest BCUT2D eigenvalue weighted by Gasteiger charge is 2.60. The van der Waals surface area contributed by atoms with E-state index in [9.17, 15) is 18.9 Å². The number of phosphoric acid groups is 1. The lowest BCUT2D eigenvalue weighted by Crippen LogP contribution is -2.60. The highest BCUT2D eigenvalue weighted by atomic mass is 31.2. The van der Waals surface area contributed by atoms with Gasteiger partial charge in [0.2, 0.25) is 5.91 Å². The molecule has 11 nitrogen and oxygen atoms in total. The topological polar surface area (TPSA) is 144 Å². The van der Waals surface area contributed by atoms with Crippen LogP contribution in [0.5, 0.6) is 0 Å². The summed E-state index contributed by atoms with van der Waals surface area (Å²) in [6, 6.07) is 0. The first-order valence-corrected chi connectivity index (χ1v) is 12.9. The molecular weight excluding hydrogens is 455 g/mol. The Morgan fingerprint density at radius 1 is 1.30 bits per heavy atom. The Morgan fingerprint density at radius 3 is 2.79 bits per heavy atom. The van der Waals surface area contributed by atoms with Crippen LogP contribution >= 0.6 is 7.82 Å². The Kier molecular flexibility index (Phi) is 7.38. The van der Waals surface area contributed by atoms with Crippen LogP contribution < -0.4 is 5.73 Å². The van der Waals surface area contributed by atoms with Crippen LogP contribution in [-0.4, -0.2) is 65.9 Å². The van der Waals surface area contributed by atoms with Gasteiger partial charge in [-0.1, -0.05) is 0 Å². The van der Waals surface area contributed by atoms with Gasteiger partial charge in [-0.2, -0.15) is 0 Å². The lowest BCUT2D eigenvalue weighted by atomic mass is 9.92. The fourth-order valence-corrected chi connectivity index (χ4v) is 6.07. The number of unbranched alkanes of at least 4 members (excludes halogenated alkanes) is 1. The summed E-state index contributed by atoms with van der Waals surface area (Å²) in [6.45, 7) is 1.63. The number of amides is 1. The number of esters is 1. The van der Waals surface area contributed by atoms with Crippen molar-refractivity contribution in [3.05, 3.63) is 12.3 Å². The molecule has 2 saturated heterocycles. The number of nitrogens with two attached hydrogens (primary N) is 1. The number of ketones is 1. The van der Waals surface area contributed by atoms with Gasteiger partial charge in [0.1, 0.15) is 18.3 Å². The van der Waals surface area contributed by atoms with Crippen LogP contribution in [0.2, 0.25) is 0 Å². The van der Waals surface area contributed by atoms with E-state index in [4.69, 9.17) is 28.8 Å². The molecule has 0 aromatic rings. The molecule has 3 aliphatic heterocycles. The molecular formula is C21H31N2O9P. The molecule has 2 N–H and O–H groups in total. The second-order valence-electron chi connectivity index (χ2n) is 9.11. The van der Waals surface area contributed by atoms with E-state index in [-0.39, 0.29) is 43.9 Å². The molecule has 0 radical (unpaired) electrons. The number of fused-ring (bicyclic) bond motifs is 1. The van der Waals surface area contributed by atoms with Crippen molar-refractivity contribution in [1.82, 2.24) is 4.90 Å². The fourth-order valence-electron chi connectivity index (χ4n) is 4.55. The van der Waals surface area contributed by atoms with Crippen LogP contribution in [0.4, 0.5) is 0 Å². The van der Waals surface area contributed by atoms with Gasteiger partial charge in [0.05, 0.1) is 25.2 Å². The van der Waals surface area contributed by atoms with E-state index in [1.165, 1.54) is 17.2 Å². The van der Waals surface area contributed by atoms with Crippen LogP contribution in [0, 0.1) is 0 Å². The van der Waals surface area contributed by atoms with Gasteiger partial charge in [0.15, 0.2) is 12.0 Å². The lowest BCUT2D eigenvalue weighted by molar-refractivity contribution is -0.149. The summed E-state index contributed by atoms with van der Waals surface area (Å²) in [5, 5.41) is 0. The van der Waals surface area contributed by atoms with Crippen molar-refractivity contribution < 1.29 is 42.0 Å². The molecule has 3 fully saturated rings. The van der Waals surface area contributed by atoms with E-state index in [0.29, 0.717) is 12.8 Å². The molecule has 1 amide bonds. The zero-order valence-electron chi connectivity index (χ0n) is 18.7. The molecule has 1 aliphatic carbocycles. The molecule has 4 aliphatic rings. The Hall–Kier alpha value is -1.62. The molecule has 184 valence electrons. The number of phosphoric ester groups is 1. The average Bonchev–Trinajstić information content (AvgIpc) is 3.34. The summed E-state index contributed by atoms with van der Waals surface area (Å²) in [5.74, 6) is -0.957. The van der Waals surface area contributed by atoms with Crippen molar-refractivity contribution in [2.45, 2.75) is 88.4 Å². The molecule has 0 bridgehead atoms. The summed E-state index contributed by atoms with van der Waals surface area (Å²) < 4.78 is 40.7. The molecule has 33 heavy (non-hydrogen) atoms. The van der Waals surface area contributed by atoms with E-state index in [0.717, 1.165) is 25.7 Å². The molecule has 12 heteroatoms. The van der Waals surface area contributed by atoms with Gasteiger partial charge >= 0.3 is 13.8 Å². The third kappa shape index (κ3) is 5.55. The number of hydrogen-bond acceptors (Lipinski definition) is 10. The minimum absolute atomic E-state index is 0.0424. The number of hydrogen-bond donors (Lipinski definition) is 1. The Labute approximate surface area is 192 Å². The van der Waals surface area contributed by atoms with Gasteiger partial charge in [-0.05, 0) is 51.5 Å². The van der Waals surface area contributed by atoms with E-state index >= 15 is 0 Å². The largest absolute Gasteiger partial charge is 0.475 e. The van der Waals surface area contributed by atoms with Crippen molar-refractivity contribution in [3.63, 3.8) is 0 Å². The second kappa shape index (κ2) is 9.93. The first-order chi connectivity index (χ1) is 15.7. The van der Waals surface area contributed by atoms with E-state index < -0.39 is 37.7 Å². The minimum atomic E-state index is -3.89. The van der Waals surface area contributed by atoms with Crippen molar-refractivity contribution in [2.24, 2.45) is 5.73 Å². The Bertz CT molecular complexity index is 855. The highest BCUT2D eigenvalue weighted by Crippen LogP contribution is 2.57. The summed E-state index contributed by atoms with van der Waals surface area (Å²) >= 11 is 0. The van der Waals surface area contributed by atoms with Crippen LogP contribution in [0.15, 0.2) is 12.3 Å². The number of nitrogens with zero attached hydrogens (tertiary/aromatic N) is 1. The third-order valence-corrected chi connectivity index (χ3v) is 7.79. The first-order valence-electron chi connectivity index (χ1n) is 11.4. The third-order valence-electron chi connectivity index (χ3n) is 6.34. The van der Waals surface area contributed by atoms with Gasteiger partial charge in [0, 0.05) is 12.6 Å². The lowest BCUT2D eigenvalue weighted by Gasteiger charge is -2.38. The maximum atomic E-state index is 13.0. The zero-order chi connectivity index (χ0) is 23.6. The number of carbonyl (C=O) groups is 3. The van der Waals surface area contributed by atoms with Crippen molar-refractivity contribution in [3.8, 4) is 0 Å². The molecule has 0 aromatic heterocycles. The second-order valence-corrected chi connectivity index (χ2v) is 10.7. The summed E-state index contributed by atoms with van der Waals surface area (Å²) in [4.78, 5) is 36.9. The highest BCUT2D eigenvalue weighted by molar-refractivity contribution is 7.48. The first kappa shape index (κ1) is 24.5. The minimum Gasteiger partial charge on any atom is -0.462 e. The number of carbonyl (C=O) groups excluding carboxylic acids is 3. The zero-order valence-corrected chi connectivity index (χ0v) is 19.6. The molecule has 1 saturated carbocycles. The van der Waals surface area contributed by atoms with Crippen molar-refractivity contribution in [1.29, 1.82) is 0 Å². The average molecular weight is 486 g/mol. The normalized spacial score (nSPS) is 36.9. The van der Waals surface area contributed by atoms with E-state index in [2.05, 4.69) is 0 Å². The quantitative estimate of drug-likeness (QED) is 0.234. The van der Waals surface area contributed by atoms with Crippen LogP contribution in [0.25, 0.3) is 0 Å². The molecule has 4 rings (SSSR count). The molecule has 3 heterocycles. The Balaban J connectivity index is 1.25. The van der Waals surface area contributed by atoms with Gasteiger partial charge in [-0.3, -0.25) is 32.9 Å². The smallest absolute Gasteiger partial charge is 0.462 e. The predicted molar refractivity (Wildman–Crippen MR) is 113 cm³/mol. The van der Waals surface area contributed by atoms with Crippen LogP contribution in [-0.2, 0) is 42.0 Å². The Morgan fingerprint density at radius 2 is 2.06 bits per heavy atom.